The van der Waals surface area contributed by atoms with E-state index in [1.165, 1.54) is 38.5 Å². The molecule has 0 radical (unpaired) electrons. The minimum Gasteiger partial charge on any atom is -0.382 e. The summed E-state index contributed by atoms with van der Waals surface area (Å²) in [5.74, 6) is 0. The monoisotopic (exact) mass is 216 g/mol. The molecule has 0 heterocycles. The van der Waals surface area contributed by atoms with Gasteiger partial charge in [0.1, 0.15) is 0 Å². The number of hydrogen-bond donors (Lipinski definition) is 0. The zero-order valence-electron chi connectivity index (χ0n) is 10.8. The number of unbranched alkanes of at least 4 members (excludes halogenated alkanes) is 2. The van der Waals surface area contributed by atoms with E-state index in [0.717, 1.165) is 19.8 Å². The van der Waals surface area contributed by atoms with E-state index in [0.29, 0.717) is 6.10 Å². The lowest BCUT2D eigenvalue weighted by atomic mass is 10.1. The van der Waals surface area contributed by atoms with Gasteiger partial charge in [0.15, 0.2) is 0 Å². The van der Waals surface area contributed by atoms with Crippen molar-refractivity contribution < 1.29 is 9.47 Å². The molecule has 0 amide bonds. The van der Waals surface area contributed by atoms with Gasteiger partial charge in [-0.1, -0.05) is 19.8 Å². The Morgan fingerprint density at radius 3 is 2.20 bits per heavy atom. The Bertz CT molecular complexity index is 115. The molecule has 0 aliphatic heterocycles. The minimum absolute atomic E-state index is 0.483. The molecular weight excluding hydrogens is 188 g/mol. The molecule has 0 spiro atoms. The molecule has 0 aromatic rings. The van der Waals surface area contributed by atoms with Crippen LogP contribution in [0, 0.1) is 0 Å². The van der Waals surface area contributed by atoms with E-state index in [1.807, 2.05) is 6.92 Å². The van der Waals surface area contributed by atoms with E-state index in [4.69, 9.17) is 9.47 Å². The fourth-order valence-electron chi connectivity index (χ4n) is 1.70. The van der Waals surface area contributed by atoms with Gasteiger partial charge in [-0.15, -0.1) is 0 Å². The molecule has 0 aliphatic rings. The highest BCUT2D eigenvalue weighted by Gasteiger charge is 2.06. The topological polar surface area (TPSA) is 18.5 Å². The Balaban J connectivity index is 3.38. The van der Waals surface area contributed by atoms with Crippen LogP contribution < -0.4 is 0 Å². The zero-order valence-corrected chi connectivity index (χ0v) is 10.8. The third-order valence-corrected chi connectivity index (χ3v) is 2.55. The highest BCUT2D eigenvalue weighted by Crippen LogP contribution is 2.12. The minimum atomic E-state index is 0.483. The number of rotatable bonds is 11. The summed E-state index contributed by atoms with van der Waals surface area (Å²) in [6.07, 6.45) is 7.85. The second-order valence-electron chi connectivity index (χ2n) is 3.91. The van der Waals surface area contributed by atoms with Gasteiger partial charge < -0.3 is 9.47 Å². The van der Waals surface area contributed by atoms with Gasteiger partial charge in [-0.05, 0) is 39.5 Å². The van der Waals surface area contributed by atoms with Crippen molar-refractivity contribution in [2.45, 2.75) is 65.4 Å². The first kappa shape index (κ1) is 14.9. The first-order chi connectivity index (χ1) is 7.35. The third-order valence-electron chi connectivity index (χ3n) is 2.55. The fraction of sp³-hybridized carbons (Fsp3) is 1.00. The Morgan fingerprint density at radius 2 is 1.60 bits per heavy atom. The smallest absolute Gasteiger partial charge is 0.0575 e. The number of ether oxygens (including phenoxy) is 2. The molecule has 0 fully saturated rings. The van der Waals surface area contributed by atoms with Crippen molar-refractivity contribution in [3.63, 3.8) is 0 Å². The largest absolute Gasteiger partial charge is 0.382 e. The normalized spacial score (nSPS) is 13.0. The highest BCUT2D eigenvalue weighted by molar-refractivity contribution is 4.58. The SMILES string of the molecule is CCCCC(CCCCOCC)OCC. The van der Waals surface area contributed by atoms with Crippen molar-refractivity contribution in [3.05, 3.63) is 0 Å². The average Bonchev–Trinajstić information content (AvgIpc) is 2.25. The van der Waals surface area contributed by atoms with Crippen LogP contribution >= 0.6 is 0 Å². The summed E-state index contributed by atoms with van der Waals surface area (Å²) < 4.78 is 11.0. The predicted octanol–water partition coefficient (Wildman–Crippen LogP) is 3.79. The summed E-state index contributed by atoms with van der Waals surface area (Å²) in [4.78, 5) is 0. The van der Waals surface area contributed by atoms with Crippen molar-refractivity contribution >= 4 is 0 Å². The van der Waals surface area contributed by atoms with Crippen molar-refractivity contribution in [2.24, 2.45) is 0 Å². The molecule has 0 saturated carbocycles. The first-order valence-corrected chi connectivity index (χ1v) is 6.54. The van der Waals surface area contributed by atoms with E-state index in [1.54, 1.807) is 0 Å². The van der Waals surface area contributed by atoms with Gasteiger partial charge in [0.25, 0.3) is 0 Å². The molecule has 0 aromatic heterocycles. The van der Waals surface area contributed by atoms with Gasteiger partial charge in [-0.3, -0.25) is 0 Å². The van der Waals surface area contributed by atoms with Crippen LogP contribution in [0.4, 0.5) is 0 Å². The maximum absolute atomic E-state index is 5.71. The molecule has 1 unspecified atom stereocenters. The van der Waals surface area contributed by atoms with E-state index in [9.17, 15) is 0 Å². The van der Waals surface area contributed by atoms with Crippen molar-refractivity contribution in [2.75, 3.05) is 19.8 Å². The van der Waals surface area contributed by atoms with Crippen LogP contribution in [0.5, 0.6) is 0 Å². The summed E-state index contributed by atoms with van der Waals surface area (Å²) >= 11 is 0. The summed E-state index contributed by atoms with van der Waals surface area (Å²) in [6, 6.07) is 0. The van der Waals surface area contributed by atoms with Gasteiger partial charge in [0, 0.05) is 19.8 Å². The average molecular weight is 216 g/mol. The molecular formula is C13H28O2. The lowest BCUT2D eigenvalue weighted by Gasteiger charge is -2.16. The number of hydrogen-bond acceptors (Lipinski definition) is 2. The lowest BCUT2D eigenvalue weighted by molar-refractivity contribution is 0.0451. The van der Waals surface area contributed by atoms with Crippen molar-refractivity contribution in [3.8, 4) is 0 Å². The Hall–Kier alpha value is -0.0800. The molecule has 0 aliphatic carbocycles. The van der Waals surface area contributed by atoms with Gasteiger partial charge in [0.05, 0.1) is 6.10 Å². The molecule has 92 valence electrons. The van der Waals surface area contributed by atoms with E-state index < -0.39 is 0 Å². The van der Waals surface area contributed by atoms with E-state index >= 15 is 0 Å². The lowest BCUT2D eigenvalue weighted by Crippen LogP contribution is -2.13. The molecule has 2 heteroatoms. The third kappa shape index (κ3) is 10.2. The van der Waals surface area contributed by atoms with Crippen LogP contribution in [0.3, 0.4) is 0 Å². The summed E-state index contributed by atoms with van der Waals surface area (Å²) in [5, 5.41) is 0. The molecule has 0 bridgehead atoms. The standard InChI is InChI=1S/C13H28O2/c1-4-7-10-13(15-6-3)11-8-9-12-14-5-2/h13H,4-12H2,1-3H3. The molecule has 0 rings (SSSR count). The molecule has 0 aromatic carbocycles. The molecule has 0 N–H and O–H groups in total. The maximum atomic E-state index is 5.71. The van der Waals surface area contributed by atoms with Gasteiger partial charge >= 0.3 is 0 Å². The van der Waals surface area contributed by atoms with Crippen LogP contribution in [-0.4, -0.2) is 25.9 Å². The quantitative estimate of drug-likeness (QED) is 0.489. The van der Waals surface area contributed by atoms with Crippen LogP contribution in [0.1, 0.15) is 59.3 Å². The van der Waals surface area contributed by atoms with Gasteiger partial charge in [-0.25, -0.2) is 0 Å². The van der Waals surface area contributed by atoms with Crippen LogP contribution in [0.25, 0.3) is 0 Å². The Kier molecular flexibility index (Phi) is 11.9. The fourth-order valence-corrected chi connectivity index (χ4v) is 1.70. The molecule has 2 nitrogen and oxygen atoms in total. The van der Waals surface area contributed by atoms with Crippen molar-refractivity contribution in [1.82, 2.24) is 0 Å². The predicted molar refractivity (Wildman–Crippen MR) is 65.3 cm³/mol. The molecule has 1 atom stereocenters. The van der Waals surface area contributed by atoms with Crippen LogP contribution in [0.15, 0.2) is 0 Å². The van der Waals surface area contributed by atoms with Gasteiger partial charge in [-0.2, -0.15) is 0 Å². The summed E-state index contributed by atoms with van der Waals surface area (Å²) in [6.45, 7) is 8.95. The maximum Gasteiger partial charge on any atom is 0.0575 e. The zero-order chi connectivity index (χ0) is 11.4. The van der Waals surface area contributed by atoms with E-state index in [-0.39, 0.29) is 0 Å². The second kappa shape index (κ2) is 12.0. The Morgan fingerprint density at radius 1 is 0.867 bits per heavy atom. The Labute approximate surface area is 95.3 Å². The summed E-state index contributed by atoms with van der Waals surface area (Å²) in [7, 11) is 0. The first-order valence-electron chi connectivity index (χ1n) is 6.54. The van der Waals surface area contributed by atoms with Gasteiger partial charge in [0.2, 0.25) is 0 Å². The molecule has 15 heavy (non-hydrogen) atoms. The van der Waals surface area contributed by atoms with Crippen LogP contribution in [0.2, 0.25) is 0 Å². The van der Waals surface area contributed by atoms with E-state index in [2.05, 4.69) is 13.8 Å². The second-order valence-corrected chi connectivity index (χ2v) is 3.91. The highest BCUT2D eigenvalue weighted by atomic mass is 16.5. The van der Waals surface area contributed by atoms with Crippen molar-refractivity contribution in [1.29, 1.82) is 0 Å². The molecule has 0 saturated heterocycles. The van der Waals surface area contributed by atoms with Crippen LogP contribution in [-0.2, 0) is 9.47 Å². The summed E-state index contributed by atoms with van der Waals surface area (Å²) in [5.41, 5.74) is 0.